The normalized spacial score (nSPS) is 13.0. The van der Waals surface area contributed by atoms with Crippen LogP contribution in [0.5, 0.6) is 0 Å². The summed E-state index contributed by atoms with van der Waals surface area (Å²) in [7, 11) is 1.49. The molecular formula is C13H20N2O4S. The Balaban J connectivity index is 2.85. The van der Waals surface area contributed by atoms with E-state index < -0.39 is 17.9 Å². The van der Waals surface area contributed by atoms with Gasteiger partial charge in [-0.2, -0.15) is 0 Å². The fraction of sp³-hybridized carbons (Fsp3) is 0.615. The summed E-state index contributed by atoms with van der Waals surface area (Å²) in [5.41, 5.74) is 2.01. The van der Waals surface area contributed by atoms with Gasteiger partial charge in [0.1, 0.15) is 10.9 Å². The number of ether oxygens (including phenoxy) is 1. The Morgan fingerprint density at radius 3 is 2.65 bits per heavy atom. The quantitative estimate of drug-likeness (QED) is 0.834. The molecule has 0 aliphatic rings. The predicted molar refractivity (Wildman–Crippen MR) is 76.2 cm³/mol. The number of thiazole rings is 1. The minimum absolute atomic E-state index is 0.223. The van der Waals surface area contributed by atoms with Crippen molar-refractivity contribution in [2.24, 2.45) is 0 Å². The van der Waals surface area contributed by atoms with Crippen LogP contribution in [0.2, 0.25) is 0 Å². The fourth-order valence-corrected chi connectivity index (χ4v) is 2.56. The first-order valence-electron chi connectivity index (χ1n) is 6.24. The predicted octanol–water partition coefficient (Wildman–Crippen LogP) is 1.66. The number of amides is 1. The maximum Gasteiger partial charge on any atom is 0.326 e. The Hall–Kier alpha value is -1.47. The van der Waals surface area contributed by atoms with Crippen molar-refractivity contribution in [3.63, 3.8) is 0 Å². The van der Waals surface area contributed by atoms with Crippen LogP contribution in [0.4, 0.5) is 0 Å². The van der Waals surface area contributed by atoms with Gasteiger partial charge in [0.2, 0.25) is 0 Å². The van der Waals surface area contributed by atoms with E-state index in [4.69, 9.17) is 9.84 Å². The van der Waals surface area contributed by atoms with Crippen LogP contribution < -0.4 is 5.32 Å². The van der Waals surface area contributed by atoms with Crippen LogP contribution in [0, 0.1) is 0 Å². The molecule has 0 fully saturated rings. The molecule has 0 aromatic carbocycles. The number of methoxy groups -OCH3 is 1. The van der Waals surface area contributed by atoms with Gasteiger partial charge in [0.05, 0.1) is 11.2 Å². The molecule has 0 saturated carbocycles. The molecule has 112 valence electrons. The first-order valence-corrected chi connectivity index (χ1v) is 7.12. The second kappa shape index (κ2) is 6.81. The zero-order chi connectivity index (χ0) is 15.3. The van der Waals surface area contributed by atoms with Crippen molar-refractivity contribution in [2.45, 2.75) is 38.6 Å². The number of nitrogens with one attached hydrogen (secondary N) is 1. The summed E-state index contributed by atoms with van der Waals surface area (Å²) >= 11 is 1.21. The van der Waals surface area contributed by atoms with Crippen LogP contribution in [0.15, 0.2) is 5.51 Å². The SMILES string of the molecule is COCCC(NC(=O)c1scnc1C(C)(C)C)C(=O)O. The third-order valence-electron chi connectivity index (χ3n) is 2.70. The molecular weight excluding hydrogens is 280 g/mol. The summed E-state index contributed by atoms with van der Waals surface area (Å²) in [5.74, 6) is -1.47. The molecule has 1 unspecified atom stereocenters. The largest absolute Gasteiger partial charge is 0.480 e. The topological polar surface area (TPSA) is 88.5 Å². The Labute approximate surface area is 122 Å². The molecule has 2 N–H and O–H groups in total. The van der Waals surface area contributed by atoms with E-state index in [0.29, 0.717) is 10.6 Å². The van der Waals surface area contributed by atoms with E-state index in [0.717, 1.165) is 0 Å². The number of carboxylic acids is 1. The van der Waals surface area contributed by atoms with Crippen LogP contribution >= 0.6 is 11.3 Å². The Bertz CT molecular complexity index is 479. The van der Waals surface area contributed by atoms with Gasteiger partial charge in [0.25, 0.3) is 5.91 Å². The average molecular weight is 300 g/mol. The first-order chi connectivity index (χ1) is 9.27. The lowest BCUT2D eigenvalue weighted by Gasteiger charge is -2.18. The first kappa shape index (κ1) is 16.6. The van der Waals surface area contributed by atoms with E-state index in [1.54, 1.807) is 5.51 Å². The number of aromatic nitrogens is 1. The number of hydrogen-bond donors (Lipinski definition) is 2. The lowest BCUT2D eigenvalue weighted by molar-refractivity contribution is -0.139. The molecule has 6 nitrogen and oxygen atoms in total. The van der Waals surface area contributed by atoms with Gasteiger partial charge in [-0.3, -0.25) is 4.79 Å². The molecule has 0 bridgehead atoms. The number of rotatable bonds is 6. The summed E-state index contributed by atoms with van der Waals surface area (Å²) in [6.45, 7) is 6.14. The number of aliphatic carboxylic acids is 1. The summed E-state index contributed by atoms with van der Waals surface area (Å²) in [6.07, 6.45) is 0.223. The van der Waals surface area contributed by atoms with Crippen LogP contribution in [0.1, 0.15) is 42.6 Å². The van der Waals surface area contributed by atoms with Crippen molar-refractivity contribution in [1.82, 2.24) is 10.3 Å². The van der Waals surface area contributed by atoms with Crippen molar-refractivity contribution in [1.29, 1.82) is 0 Å². The number of carbonyl (C=O) groups excluding carboxylic acids is 1. The molecule has 0 aliphatic heterocycles. The van der Waals surface area contributed by atoms with Gasteiger partial charge in [-0.25, -0.2) is 9.78 Å². The molecule has 1 heterocycles. The van der Waals surface area contributed by atoms with E-state index in [9.17, 15) is 9.59 Å². The van der Waals surface area contributed by atoms with Crippen molar-refractivity contribution in [3.05, 3.63) is 16.1 Å². The second-order valence-electron chi connectivity index (χ2n) is 5.43. The molecule has 1 rings (SSSR count). The number of nitrogens with zero attached hydrogens (tertiary/aromatic N) is 1. The molecule has 0 spiro atoms. The Morgan fingerprint density at radius 1 is 1.50 bits per heavy atom. The highest BCUT2D eigenvalue weighted by atomic mass is 32.1. The molecule has 1 atom stereocenters. The summed E-state index contributed by atoms with van der Waals surface area (Å²) < 4.78 is 4.85. The van der Waals surface area contributed by atoms with Crippen LogP contribution in [0.25, 0.3) is 0 Å². The third kappa shape index (κ3) is 4.28. The number of carbonyl (C=O) groups is 2. The van der Waals surface area contributed by atoms with Gasteiger partial charge in [-0.15, -0.1) is 11.3 Å². The standard InChI is InChI=1S/C13H20N2O4S/c1-13(2,3)10-9(20-7-14-10)11(16)15-8(12(17)18)5-6-19-4/h7-8H,5-6H2,1-4H3,(H,15,16)(H,17,18). The van der Waals surface area contributed by atoms with E-state index in [1.807, 2.05) is 20.8 Å². The van der Waals surface area contributed by atoms with Crippen molar-refractivity contribution < 1.29 is 19.4 Å². The van der Waals surface area contributed by atoms with Gasteiger partial charge in [-0.1, -0.05) is 20.8 Å². The van der Waals surface area contributed by atoms with Crippen LogP contribution in [0.3, 0.4) is 0 Å². The molecule has 1 amide bonds. The lowest BCUT2D eigenvalue weighted by atomic mass is 9.91. The highest BCUT2D eigenvalue weighted by Gasteiger charge is 2.27. The molecule has 0 aliphatic carbocycles. The molecule has 0 saturated heterocycles. The maximum atomic E-state index is 12.2. The van der Waals surface area contributed by atoms with Gasteiger partial charge in [-0.05, 0) is 0 Å². The fourth-order valence-electron chi connectivity index (χ4n) is 1.66. The minimum atomic E-state index is -1.07. The lowest BCUT2D eigenvalue weighted by Crippen LogP contribution is -2.41. The van der Waals surface area contributed by atoms with Crippen LogP contribution in [-0.2, 0) is 14.9 Å². The second-order valence-corrected chi connectivity index (χ2v) is 6.28. The smallest absolute Gasteiger partial charge is 0.326 e. The van der Waals surface area contributed by atoms with Gasteiger partial charge < -0.3 is 15.2 Å². The van der Waals surface area contributed by atoms with Crippen LogP contribution in [-0.4, -0.2) is 41.7 Å². The van der Waals surface area contributed by atoms with Gasteiger partial charge >= 0.3 is 5.97 Å². The van der Waals surface area contributed by atoms with Crippen molar-refractivity contribution >= 4 is 23.2 Å². The minimum Gasteiger partial charge on any atom is -0.480 e. The van der Waals surface area contributed by atoms with Crippen molar-refractivity contribution in [2.75, 3.05) is 13.7 Å². The van der Waals surface area contributed by atoms with E-state index >= 15 is 0 Å². The van der Waals surface area contributed by atoms with E-state index in [2.05, 4.69) is 10.3 Å². The van der Waals surface area contributed by atoms with Gasteiger partial charge in [0, 0.05) is 25.6 Å². The van der Waals surface area contributed by atoms with Gasteiger partial charge in [0.15, 0.2) is 0 Å². The maximum absolute atomic E-state index is 12.2. The summed E-state index contributed by atoms with van der Waals surface area (Å²) in [5, 5.41) is 11.6. The molecule has 1 aromatic heterocycles. The summed E-state index contributed by atoms with van der Waals surface area (Å²) in [6, 6.07) is -0.961. The monoisotopic (exact) mass is 300 g/mol. The van der Waals surface area contributed by atoms with E-state index in [1.165, 1.54) is 18.4 Å². The number of carboxylic acid groups (broad SMARTS) is 1. The Morgan fingerprint density at radius 2 is 2.15 bits per heavy atom. The highest BCUT2D eigenvalue weighted by Crippen LogP contribution is 2.27. The highest BCUT2D eigenvalue weighted by molar-refractivity contribution is 7.11. The zero-order valence-corrected chi connectivity index (χ0v) is 12.9. The molecule has 1 aromatic rings. The summed E-state index contributed by atoms with van der Waals surface area (Å²) in [4.78, 5) is 28.0. The van der Waals surface area contributed by atoms with E-state index in [-0.39, 0.29) is 18.4 Å². The van der Waals surface area contributed by atoms with Crippen molar-refractivity contribution in [3.8, 4) is 0 Å². The zero-order valence-electron chi connectivity index (χ0n) is 12.1. The third-order valence-corrected chi connectivity index (χ3v) is 3.52. The Kier molecular flexibility index (Phi) is 5.64. The number of hydrogen-bond acceptors (Lipinski definition) is 5. The average Bonchev–Trinajstić information content (AvgIpc) is 2.82. The molecule has 7 heteroatoms. The molecule has 20 heavy (non-hydrogen) atoms. The molecule has 0 radical (unpaired) electrons.